The van der Waals surface area contributed by atoms with Gasteiger partial charge >= 0.3 is 0 Å². The molecule has 0 radical (unpaired) electrons. The Kier molecular flexibility index (Phi) is 3.55. The first-order valence-corrected chi connectivity index (χ1v) is 7.50. The van der Waals surface area contributed by atoms with Gasteiger partial charge in [0.05, 0.1) is 0 Å². The van der Waals surface area contributed by atoms with Gasteiger partial charge in [0.25, 0.3) is 0 Å². The summed E-state index contributed by atoms with van der Waals surface area (Å²) >= 11 is 0. The number of likely N-dealkylation sites (N-methyl/N-ethyl adjacent to an activating group) is 1. The molecular weight excluding hydrogens is 250 g/mol. The number of carbonyl (C=O) groups is 1. The van der Waals surface area contributed by atoms with Crippen LogP contribution in [0.25, 0.3) is 0 Å². The van der Waals surface area contributed by atoms with E-state index in [2.05, 4.69) is 19.0 Å². The number of hydrogen-bond donors (Lipinski definition) is 0. The normalized spacial score (nSPS) is 31.8. The van der Waals surface area contributed by atoms with Gasteiger partial charge in [-0.25, -0.2) is 0 Å². The summed E-state index contributed by atoms with van der Waals surface area (Å²) < 4.78 is 6.28. The van der Waals surface area contributed by atoms with Gasteiger partial charge in [-0.3, -0.25) is 4.79 Å². The molecule has 0 aromatic heterocycles. The van der Waals surface area contributed by atoms with Crippen LogP contribution in [0, 0.1) is 11.8 Å². The van der Waals surface area contributed by atoms with Crippen molar-refractivity contribution >= 4 is 5.78 Å². The summed E-state index contributed by atoms with van der Waals surface area (Å²) in [5, 5.41) is 0. The molecule has 2 aliphatic rings. The third-order valence-electron chi connectivity index (χ3n) is 4.91. The highest BCUT2D eigenvalue weighted by atomic mass is 16.5. The minimum absolute atomic E-state index is 0.0903. The molecule has 4 unspecified atom stereocenters. The first kappa shape index (κ1) is 13.6. The summed E-state index contributed by atoms with van der Waals surface area (Å²) in [6.45, 7) is 1.60. The van der Waals surface area contributed by atoms with Crippen LogP contribution in [0.2, 0.25) is 0 Å². The van der Waals surface area contributed by atoms with Crippen LogP contribution in [-0.4, -0.2) is 36.9 Å². The second-order valence-corrected chi connectivity index (χ2v) is 6.45. The van der Waals surface area contributed by atoms with Crippen molar-refractivity contribution < 1.29 is 9.53 Å². The molecule has 2 saturated carbocycles. The molecule has 2 fully saturated rings. The lowest BCUT2D eigenvalue weighted by Crippen LogP contribution is -2.46. The van der Waals surface area contributed by atoms with Crippen LogP contribution in [-0.2, 0) is 0 Å². The van der Waals surface area contributed by atoms with Gasteiger partial charge < -0.3 is 9.64 Å². The van der Waals surface area contributed by atoms with Crippen LogP contribution in [0.5, 0.6) is 5.75 Å². The number of Topliss-reactive ketones (excluding diaryl/α,β-unsaturated/α-hetero) is 1. The first-order valence-electron chi connectivity index (χ1n) is 7.50. The van der Waals surface area contributed by atoms with E-state index in [1.54, 1.807) is 6.92 Å². The Labute approximate surface area is 120 Å². The lowest BCUT2D eigenvalue weighted by molar-refractivity contribution is 0.0536. The highest BCUT2D eigenvalue weighted by molar-refractivity contribution is 5.94. The van der Waals surface area contributed by atoms with E-state index >= 15 is 0 Å². The molecular formula is C17H23NO2. The average molecular weight is 273 g/mol. The summed E-state index contributed by atoms with van der Waals surface area (Å²) in [5.41, 5.74) is 0.729. The summed E-state index contributed by atoms with van der Waals surface area (Å²) in [7, 11) is 4.29. The fraction of sp³-hybridized carbons (Fsp3) is 0.588. The highest BCUT2D eigenvalue weighted by Crippen LogP contribution is 2.47. The van der Waals surface area contributed by atoms with Crippen molar-refractivity contribution in [3.8, 4) is 5.75 Å². The monoisotopic (exact) mass is 273 g/mol. The van der Waals surface area contributed by atoms with Crippen molar-refractivity contribution in [2.24, 2.45) is 11.8 Å². The Hall–Kier alpha value is -1.35. The number of benzene rings is 1. The minimum Gasteiger partial charge on any atom is -0.488 e. The van der Waals surface area contributed by atoms with Crippen LogP contribution in [0.15, 0.2) is 24.3 Å². The summed E-state index contributed by atoms with van der Waals surface area (Å²) in [5.74, 6) is 2.37. The van der Waals surface area contributed by atoms with Crippen LogP contribution in [0.3, 0.4) is 0 Å². The van der Waals surface area contributed by atoms with Gasteiger partial charge in [0.15, 0.2) is 5.78 Å². The van der Waals surface area contributed by atoms with E-state index in [0.717, 1.165) is 17.2 Å². The zero-order valence-electron chi connectivity index (χ0n) is 12.5. The largest absolute Gasteiger partial charge is 0.488 e. The fourth-order valence-corrected chi connectivity index (χ4v) is 4.04. The molecule has 1 aromatic carbocycles. The van der Waals surface area contributed by atoms with Crippen molar-refractivity contribution in [3.63, 3.8) is 0 Å². The van der Waals surface area contributed by atoms with Gasteiger partial charge in [0.1, 0.15) is 11.9 Å². The molecule has 0 N–H and O–H groups in total. The van der Waals surface area contributed by atoms with E-state index in [1.807, 2.05) is 24.3 Å². The molecule has 20 heavy (non-hydrogen) atoms. The maximum atomic E-state index is 11.5. The maximum Gasteiger partial charge on any atom is 0.159 e. The van der Waals surface area contributed by atoms with Gasteiger partial charge in [-0.2, -0.15) is 0 Å². The molecule has 0 amide bonds. The molecule has 3 nitrogen and oxygen atoms in total. The predicted octanol–water partition coefficient (Wildman–Crippen LogP) is 3.00. The van der Waals surface area contributed by atoms with Crippen LogP contribution < -0.4 is 4.74 Å². The number of hydrogen-bond acceptors (Lipinski definition) is 3. The zero-order valence-corrected chi connectivity index (χ0v) is 12.5. The molecule has 0 aliphatic heterocycles. The average Bonchev–Trinajstić information content (AvgIpc) is 2.99. The van der Waals surface area contributed by atoms with Gasteiger partial charge in [0.2, 0.25) is 0 Å². The quantitative estimate of drug-likeness (QED) is 0.790. The lowest BCUT2D eigenvalue weighted by atomic mass is 9.91. The second-order valence-electron chi connectivity index (χ2n) is 6.45. The van der Waals surface area contributed by atoms with Crippen LogP contribution in [0.4, 0.5) is 0 Å². The lowest BCUT2D eigenvalue weighted by Gasteiger charge is -2.35. The number of ketones is 1. The highest BCUT2D eigenvalue weighted by Gasteiger charge is 2.50. The maximum absolute atomic E-state index is 11.5. The van der Waals surface area contributed by atoms with Gasteiger partial charge in [-0.15, -0.1) is 0 Å². The second kappa shape index (κ2) is 5.21. The smallest absolute Gasteiger partial charge is 0.159 e. The molecule has 0 spiro atoms. The standard InChI is InChI=1S/C17H23NO2/c1-11(19)12-5-4-6-15(10-12)20-17-14-8-7-13(9-14)16(17)18(2)3/h4-6,10,13-14,16-17H,7-9H2,1-3H3. The van der Waals surface area contributed by atoms with Crippen molar-refractivity contribution in [1.29, 1.82) is 0 Å². The Morgan fingerprint density at radius 3 is 2.70 bits per heavy atom. The zero-order chi connectivity index (χ0) is 14.3. The van der Waals surface area contributed by atoms with Crippen LogP contribution in [0.1, 0.15) is 36.5 Å². The Balaban J connectivity index is 1.80. The molecule has 3 rings (SSSR count). The topological polar surface area (TPSA) is 29.5 Å². The fourth-order valence-electron chi connectivity index (χ4n) is 4.04. The van der Waals surface area contributed by atoms with Crippen molar-refractivity contribution in [2.45, 2.75) is 38.3 Å². The van der Waals surface area contributed by atoms with Gasteiger partial charge in [-0.1, -0.05) is 12.1 Å². The predicted molar refractivity (Wildman–Crippen MR) is 79.2 cm³/mol. The number of fused-ring (bicyclic) bond motifs is 2. The van der Waals surface area contributed by atoms with Crippen molar-refractivity contribution in [1.82, 2.24) is 4.90 Å². The minimum atomic E-state index is 0.0903. The number of ether oxygens (including phenoxy) is 1. The molecule has 4 atom stereocenters. The first-order chi connectivity index (χ1) is 9.56. The Morgan fingerprint density at radius 2 is 2.00 bits per heavy atom. The summed E-state index contributed by atoms with van der Waals surface area (Å²) in [4.78, 5) is 13.8. The molecule has 0 saturated heterocycles. The summed E-state index contributed by atoms with van der Waals surface area (Å²) in [6, 6.07) is 8.10. The third-order valence-corrected chi connectivity index (χ3v) is 4.91. The number of rotatable bonds is 4. The van der Waals surface area contributed by atoms with Crippen molar-refractivity contribution in [3.05, 3.63) is 29.8 Å². The van der Waals surface area contributed by atoms with E-state index in [4.69, 9.17) is 4.74 Å². The van der Waals surface area contributed by atoms with Crippen LogP contribution >= 0.6 is 0 Å². The van der Waals surface area contributed by atoms with Gasteiger partial charge in [-0.05, 0) is 64.3 Å². The van der Waals surface area contributed by atoms with E-state index in [9.17, 15) is 4.79 Å². The molecule has 108 valence electrons. The molecule has 0 heterocycles. The number of carbonyl (C=O) groups excluding carboxylic acids is 1. The van der Waals surface area contributed by atoms with Gasteiger partial charge in [0, 0.05) is 11.6 Å². The SMILES string of the molecule is CC(=O)c1cccc(OC2C3CCC(C3)C2N(C)C)c1. The molecule has 1 aromatic rings. The summed E-state index contributed by atoms with van der Waals surface area (Å²) in [6.07, 6.45) is 4.18. The third kappa shape index (κ3) is 2.35. The Morgan fingerprint density at radius 1 is 1.25 bits per heavy atom. The molecule has 3 heteroatoms. The molecule has 2 bridgehead atoms. The Bertz CT molecular complexity index is 511. The van der Waals surface area contributed by atoms with E-state index < -0.39 is 0 Å². The van der Waals surface area contributed by atoms with E-state index in [0.29, 0.717) is 12.0 Å². The molecule has 2 aliphatic carbocycles. The van der Waals surface area contributed by atoms with Crippen molar-refractivity contribution in [2.75, 3.05) is 14.1 Å². The van der Waals surface area contributed by atoms with E-state index in [-0.39, 0.29) is 11.9 Å². The van der Waals surface area contributed by atoms with E-state index in [1.165, 1.54) is 19.3 Å². The number of nitrogens with zero attached hydrogens (tertiary/aromatic N) is 1.